The quantitative estimate of drug-likeness (QED) is 0.740. The number of hydrogen-bond acceptors (Lipinski definition) is 5. The monoisotopic (exact) mass is 252 g/mol. The van der Waals surface area contributed by atoms with Crippen LogP contribution in [0.25, 0.3) is 0 Å². The number of hydrogen-bond donors (Lipinski definition) is 2. The smallest absolute Gasteiger partial charge is 0.121 e. The highest BCUT2D eigenvalue weighted by Gasteiger charge is 2.19. The van der Waals surface area contributed by atoms with Crippen LogP contribution in [0, 0.1) is 0 Å². The summed E-state index contributed by atoms with van der Waals surface area (Å²) in [5.74, 6) is 0.793. The summed E-state index contributed by atoms with van der Waals surface area (Å²) < 4.78 is 11.0. The fourth-order valence-corrected chi connectivity index (χ4v) is 1.99. The average Bonchev–Trinajstić information content (AvgIpc) is 2.39. The molecule has 100 valence electrons. The van der Waals surface area contributed by atoms with Crippen molar-refractivity contribution in [2.24, 2.45) is 0 Å². The van der Waals surface area contributed by atoms with Crippen LogP contribution >= 0.6 is 0 Å². The van der Waals surface area contributed by atoms with E-state index in [2.05, 4.69) is 4.90 Å². The van der Waals surface area contributed by atoms with Gasteiger partial charge in [-0.05, 0) is 12.1 Å². The predicted molar refractivity (Wildman–Crippen MR) is 69.6 cm³/mol. The van der Waals surface area contributed by atoms with Crippen LogP contribution in [0.2, 0.25) is 0 Å². The summed E-state index contributed by atoms with van der Waals surface area (Å²) in [6.07, 6.45) is -0.0638. The first-order valence-electron chi connectivity index (χ1n) is 6.21. The summed E-state index contributed by atoms with van der Waals surface area (Å²) in [5, 5.41) is 9.05. The Morgan fingerprint density at radius 1 is 1.50 bits per heavy atom. The predicted octanol–water partition coefficient (Wildman–Crippen LogP) is 0.341. The Labute approximate surface area is 107 Å². The lowest BCUT2D eigenvalue weighted by Gasteiger charge is -2.31. The molecule has 1 heterocycles. The zero-order valence-electron chi connectivity index (χ0n) is 10.4. The van der Waals surface area contributed by atoms with Gasteiger partial charge in [-0.15, -0.1) is 0 Å². The zero-order valence-corrected chi connectivity index (χ0v) is 10.4. The van der Waals surface area contributed by atoms with Crippen molar-refractivity contribution < 1.29 is 14.6 Å². The van der Waals surface area contributed by atoms with Gasteiger partial charge in [-0.25, -0.2) is 0 Å². The van der Waals surface area contributed by atoms with Crippen LogP contribution in [0.15, 0.2) is 24.3 Å². The summed E-state index contributed by atoms with van der Waals surface area (Å²) in [7, 11) is 0. The topological polar surface area (TPSA) is 68.0 Å². The SMILES string of the molecule is Nc1cccc(OCCN2CCOC(CO)C2)c1. The van der Waals surface area contributed by atoms with E-state index >= 15 is 0 Å². The van der Waals surface area contributed by atoms with Gasteiger partial charge in [0, 0.05) is 31.4 Å². The van der Waals surface area contributed by atoms with Crippen molar-refractivity contribution in [3.8, 4) is 5.75 Å². The molecule has 5 heteroatoms. The maximum absolute atomic E-state index is 9.05. The number of nitrogens with two attached hydrogens (primary N) is 1. The number of morpholine rings is 1. The van der Waals surface area contributed by atoms with Crippen molar-refractivity contribution in [2.75, 3.05) is 45.2 Å². The van der Waals surface area contributed by atoms with Gasteiger partial charge in [0.15, 0.2) is 0 Å². The minimum atomic E-state index is -0.0638. The number of rotatable bonds is 5. The van der Waals surface area contributed by atoms with Crippen LogP contribution in [0.5, 0.6) is 5.75 Å². The zero-order chi connectivity index (χ0) is 12.8. The first-order valence-corrected chi connectivity index (χ1v) is 6.21. The molecule has 1 atom stereocenters. The van der Waals surface area contributed by atoms with Crippen LogP contribution in [-0.2, 0) is 4.74 Å². The largest absolute Gasteiger partial charge is 0.492 e. The van der Waals surface area contributed by atoms with Gasteiger partial charge in [0.05, 0.1) is 19.3 Å². The molecule has 1 aliphatic rings. The average molecular weight is 252 g/mol. The van der Waals surface area contributed by atoms with Crippen molar-refractivity contribution in [3.05, 3.63) is 24.3 Å². The van der Waals surface area contributed by atoms with Crippen LogP contribution < -0.4 is 10.5 Å². The second-order valence-electron chi connectivity index (χ2n) is 4.40. The molecular weight excluding hydrogens is 232 g/mol. The number of anilines is 1. The Hall–Kier alpha value is -1.30. The fourth-order valence-electron chi connectivity index (χ4n) is 1.99. The van der Waals surface area contributed by atoms with Gasteiger partial charge in [0.25, 0.3) is 0 Å². The highest BCUT2D eigenvalue weighted by atomic mass is 16.5. The van der Waals surface area contributed by atoms with Gasteiger partial charge in [0.2, 0.25) is 0 Å². The van der Waals surface area contributed by atoms with Crippen LogP contribution in [0.4, 0.5) is 5.69 Å². The summed E-state index contributed by atoms with van der Waals surface area (Å²) in [6.45, 7) is 3.83. The van der Waals surface area contributed by atoms with E-state index in [1.165, 1.54) is 0 Å². The van der Waals surface area contributed by atoms with E-state index in [1.54, 1.807) is 0 Å². The summed E-state index contributed by atoms with van der Waals surface area (Å²) in [5.41, 5.74) is 6.38. The highest BCUT2D eigenvalue weighted by molar-refractivity contribution is 5.43. The van der Waals surface area contributed by atoms with Crippen LogP contribution in [-0.4, -0.2) is 55.6 Å². The number of nitrogens with zero attached hydrogens (tertiary/aromatic N) is 1. The first kappa shape index (κ1) is 13.1. The lowest BCUT2D eigenvalue weighted by atomic mass is 10.3. The standard InChI is InChI=1S/C13H20N2O3/c14-11-2-1-3-12(8-11)17-6-4-15-5-7-18-13(9-15)10-16/h1-3,8,13,16H,4-7,9-10,14H2. The number of aliphatic hydroxyl groups excluding tert-OH is 1. The lowest BCUT2D eigenvalue weighted by molar-refractivity contribution is -0.0547. The van der Waals surface area contributed by atoms with E-state index in [0.717, 1.165) is 25.4 Å². The number of benzene rings is 1. The van der Waals surface area contributed by atoms with E-state index in [-0.39, 0.29) is 12.7 Å². The molecule has 0 spiro atoms. The van der Waals surface area contributed by atoms with Crippen LogP contribution in [0.3, 0.4) is 0 Å². The molecule has 0 radical (unpaired) electrons. The van der Waals surface area contributed by atoms with Crippen molar-refractivity contribution >= 4 is 5.69 Å². The maximum Gasteiger partial charge on any atom is 0.121 e. The van der Waals surface area contributed by atoms with Crippen molar-refractivity contribution in [1.82, 2.24) is 4.90 Å². The Balaban J connectivity index is 1.72. The van der Waals surface area contributed by atoms with Gasteiger partial charge in [0.1, 0.15) is 12.4 Å². The van der Waals surface area contributed by atoms with E-state index in [4.69, 9.17) is 20.3 Å². The molecule has 1 saturated heterocycles. The number of nitrogen functional groups attached to an aromatic ring is 1. The summed E-state index contributed by atoms with van der Waals surface area (Å²) in [4.78, 5) is 2.23. The van der Waals surface area contributed by atoms with Gasteiger partial charge in [-0.2, -0.15) is 0 Å². The van der Waals surface area contributed by atoms with E-state index in [0.29, 0.717) is 18.9 Å². The third-order valence-electron chi connectivity index (χ3n) is 2.96. The molecule has 1 fully saturated rings. The second kappa shape index (κ2) is 6.58. The minimum absolute atomic E-state index is 0.0638. The molecule has 2 rings (SSSR count). The normalized spacial score (nSPS) is 20.8. The van der Waals surface area contributed by atoms with Gasteiger partial charge < -0.3 is 20.3 Å². The molecule has 0 saturated carbocycles. The molecule has 0 aliphatic carbocycles. The molecule has 3 N–H and O–H groups in total. The van der Waals surface area contributed by atoms with Gasteiger partial charge >= 0.3 is 0 Å². The molecule has 18 heavy (non-hydrogen) atoms. The molecule has 1 aromatic rings. The van der Waals surface area contributed by atoms with E-state index in [9.17, 15) is 0 Å². The highest BCUT2D eigenvalue weighted by Crippen LogP contribution is 2.14. The molecule has 0 aromatic heterocycles. The summed E-state index contributed by atoms with van der Waals surface area (Å²) in [6, 6.07) is 7.42. The van der Waals surface area contributed by atoms with Gasteiger partial charge in [-0.1, -0.05) is 6.07 Å². The summed E-state index contributed by atoms with van der Waals surface area (Å²) >= 11 is 0. The minimum Gasteiger partial charge on any atom is -0.492 e. The Morgan fingerprint density at radius 2 is 2.39 bits per heavy atom. The Morgan fingerprint density at radius 3 is 3.17 bits per heavy atom. The molecule has 1 unspecified atom stereocenters. The first-order chi connectivity index (χ1) is 8.78. The molecule has 1 aromatic carbocycles. The lowest BCUT2D eigenvalue weighted by Crippen LogP contribution is -2.45. The Bertz CT molecular complexity index is 373. The molecule has 0 bridgehead atoms. The molecule has 0 amide bonds. The van der Waals surface area contributed by atoms with Gasteiger partial charge in [-0.3, -0.25) is 4.90 Å². The van der Waals surface area contributed by atoms with E-state index in [1.807, 2.05) is 24.3 Å². The fraction of sp³-hybridized carbons (Fsp3) is 0.538. The van der Waals surface area contributed by atoms with Crippen molar-refractivity contribution in [1.29, 1.82) is 0 Å². The third-order valence-corrected chi connectivity index (χ3v) is 2.96. The molecule has 5 nitrogen and oxygen atoms in total. The number of ether oxygens (including phenoxy) is 2. The molecule has 1 aliphatic heterocycles. The van der Waals surface area contributed by atoms with Crippen molar-refractivity contribution in [3.63, 3.8) is 0 Å². The third kappa shape index (κ3) is 3.87. The van der Waals surface area contributed by atoms with Crippen molar-refractivity contribution in [2.45, 2.75) is 6.10 Å². The van der Waals surface area contributed by atoms with E-state index < -0.39 is 0 Å². The Kier molecular flexibility index (Phi) is 4.81. The number of aliphatic hydroxyl groups is 1. The van der Waals surface area contributed by atoms with Crippen LogP contribution in [0.1, 0.15) is 0 Å². The molecular formula is C13H20N2O3. The maximum atomic E-state index is 9.05. The second-order valence-corrected chi connectivity index (χ2v) is 4.40.